The smallest absolute Gasteiger partial charge is 0.100 e. The molecule has 0 aliphatic carbocycles. The van der Waals surface area contributed by atoms with Crippen LogP contribution >= 0.6 is 0 Å². The molecule has 4 bridgehead atoms. The van der Waals surface area contributed by atoms with Crippen molar-refractivity contribution in [2.75, 3.05) is 13.6 Å². The van der Waals surface area contributed by atoms with Gasteiger partial charge < -0.3 is 9.59 Å². The van der Waals surface area contributed by atoms with Crippen LogP contribution in [0.5, 0.6) is 0 Å². The summed E-state index contributed by atoms with van der Waals surface area (Å²) < 4.78 is 1.31. The summed E-state index contributed by atoms with van der Waals surface area (Å²) in [4.78, 5) is 0. The van der Waals surface area contributed by atoms with Crippen LogP contribution in [0, 0.1) is 5.92 Å². The minimum absolute atomic E-state index is 0.0486. The maximum atomic E-state index is 9.70. The standard InChI is InChI=1S/C9H16NO/c1-10-5-7-8(10)3-2-6(10)4-9(7)11/h6-9,11H,2-5H2,1H3/q+1/t6-,7+,8+,9-,10?/m0/s1. The zero-order chi connectivity index (χ0) is 7.64. The molecule has 4 aliphatic heterocycles. The van der Waals surface area contributed by atoms with Crippen molar-refractivity contribution in [2.45, 2.75) is 37.5 Å². The number of quaternary nitrogens is 1. The van der Waals surface area contributed by atoms with Crippen molar-refractivity contribution < 1.29 is 9.59 Å². The molecule has 62 valence electrons. The van der Waals surface area contributed by atoms with Crippen LogP contribution in [0.3, 0.4) is 0 Å². The number of aliphatic hydroxyl groups is 1. The van der Waals surface area contributed by atoms with Gasteiger partial charge in [-0.05, 0) is 0 Å². The van der Waals surface area contributed by atoms with E-state index in [0.29, 0.717) is 5.92 Å². The van der Waals surface area contributed by atoms with Crippen LogP contribution in [-0.2, 0) is 0 Å². The Balaban J connectivity index is 1.99. The van der Waals surface area contributed by atoms with E-state index in [9.17, 15) is 5.11 Å². The normalized spacial score (nSPS) is 66.0. The Kier molecular flexibility index (Phi) is 0.961. The number of rotatable bonds is 0. The molecule has 0 aromatic heterocycles. The highest BCUT2D eigenvalue weighted by atomic mass is 16.3. The minimum atomic E-state index is 0.0486. The van der Waals surface area contributed by atoms with E-state index in [-0.39, 0.29) is 6.10 Å². The molecule has 4 rings (SSSR count). The van der Waals surface area contributed by atoms with Crippen LogP contribution in [-0.4, -0.2) is 41.4 Å². The van der Waals surface area contributed by atoms with Crippen LogP contribution < -0.4 is 0 Å². The van der Waals surface area contributed by atoms with Crippen molar-refractivity contribution in [3.05, 3.63) is 0 Å². The monoisotopic (exact) mass is 154 g/mol. The van der Waals surface area contributed by atoms with Gasteiger partial charge in [0.05, 0.1) is 31.7 Å². The lowest BCUT2D eigenvalue weighted by atomic mass is 9.76. The highest BCUT2D eigenvalue weighted by molar-refractivity contribution is 4.98. The molecule has 1 N–H and O–H groups in total. The Labute approximate surface area is 67.4 Å². The van der Waals surface area contributed by atoms with Gasteiger partial charge in [-0.15, -0.1) is 0 Å². The van der Waals surface area contributed by atoms with E-state index in [4.69, 9.17) is 0 Å². The summed E-state index contributed by atoms with van der Waals surface area (Å²) in [6.07, 6.45) is 3.88. The van der Waals surface area contributed by atoms with Gasteiger partial charge in [0.2, 0.25) is 0 Å². The number of piperidine rings is 2. The van der Waals surface area contributed by atoms with E-state index < -0.39 is 0 Å². The first-order valence-electron chi connectivity index (χ1n) is 4.75. The average Bonchev–Trinajstić information content (AvgIpc) is 2.14. The Morgan fingerprint density at radius 2 is 2.18 bits per heavy atom. The van der Waals surface area contributed by atoms with Gasteiger partial charge in [-0.1, -0.05) is 0 Å². The number of hydrogen-bond acceptors (Lipinski definition) is 1. The molecule has 0 aromatic carbocycles. The van der Waals surface area contributed by atoms with Gasteiger partial charge in [-0.25, -0.2) is 0 Å². The molecule has 0 radical (unpaired) electrons. The molecule has 2 nitrogen and oxygen atoms in total. The lowest BCUT2D eigenvalue weighted by molar-refractivity contribution is -1.00. The van der Waals surface area contributed by atoms with Crippen LogP contribution in [0.4, 0.5) is 0 Å². The van der Waals surface area contributed by atoms with E-state index in [1.807, 2.05) is 0 Å². The SMILES string of the molecule is C[N+]12C[C@@H]3[C@H]1CC[C@H]2C[C@@H]3O. The molecular weight excluding hydrogens is 138 g/mol. The maximum absolute atomic E-state index is 9.70. The summed E-state index contributed by atoms with van der Waals surface area (Å²) in [5.41, 5.74) is 0. The van der Waals surface area contributed by atoms with Crippen molar-refractivity contribution in [3.63, 3.8) is 0 Å². The molecule has 4 heterocycles. The Bertz CT molecular complexity index is 198. The minimum Gasteiger partial charge on any atom is -0.392 e. The summed E-state index contributed by atoms with van der Waals surface area (Å²) in [7, 11) is 2.38. The Morgan fingerprint density at radius 3 is 2.91 bits per heavy atom. The van der Waals surface area contributed by atoms with E-state index in [1.54, 1.807) is 0 Å². The van der Waals surface area contributed by atoms with Crippen molar-refractivity contribution in [1.29, 1.82) is 0 Å². The van der Waals surface area contributed by atoms with Crippen LogP contribution in [0.2, 0.25) is 0 Å². The summed E-state index contributed by atoms with van der Waals surface area (Å²) in [6, 6.07) is 1.64. The second kappa shape index (κ2) is 1.64. The van der Waals surface area contributed by atoms with E-state index in [2.05, 4.69) is 7.05 Å². The largest absolute Gasteiger partial charge is 0.392 e. The topological polar surface area (TPSA) is 20.2 Å². The lowest BCUT2D eigenvalue weighted by Gasteiger charge is -2.59. The Hall–Kier alpha value is -0.0800. The zero-order valence-corrected chi connectivity index (χ0v) is 7.03. The van der Waals surface area contributed by atoms with E-state index in [0.717, 1.165) is 18.5 Å². The van der Waals surface area contributed by atoms with Gasteiger partial charge >= 0.3 is 0 Å². The van der Waals surface area contributed by atoms with Crippen molar-refractivity contribution in [1.82, 2.24) is 0 Å². The van der Waals surface area contributed by atoms with Crippen LogP contribution in [0.1, 0.15) is 19.3 Å². The molecule has 0 saturated carbocycles. The van der Waals surface area contributed by atoms with Crippen LogP contribution in [0.15, 0.2) is 0 Å². The number of aliphatic hydroxyl groups excluding tert-OH is 1. The predicted molar refractivity (Wildman–Crippen MR) is 42.0 cm³/mol. The third-order valence-corrected chi connectivity index (χ3v) is 4.49. The van der Waals surface area contributed by atoms with Crippen molar-refractivity contribution in [2.24, 2.45) is 5.92 Å². The first kappa shape index (κ1) is 6.44. The predicted octanol–water partition coefficient (Wildman–Crippen LogP) is 0.358. The van der Waals surface area contributed by atoms with Crippen LogP contribution in [0.25, 0.3) is 0 Å². The molecule has 1 unspecified atom stereocenters. The zero-order valence-electron chi connectivity index (χ0n) is 7.03. The maximum Gasteiger partial charge on any atom is 0.100 e. The van der Waals surface area contributed by atoms with Gasteiger partial charge in [0.1, 0.15) is 6.04 Å². The second-order valence-corrected chi connectivity index (χ2v) is 4.79. The van der Waals surface area contributed by atoms with Crippen molar-refractivity contribution in [3.8, 4) is 0 Å². The Morgan fingerprint density at radius 1 is 1.36 bits per heavy atom. The molecule has 4 aliphatic rings. The lowest BCUT2D eigenvalue weighted by Crippen LogP contribution is -2.75. The average molecular weight is 154 g/mol. The number of nitrogens with zero attached hydrogens (tertiary/aromatic N) is 1. The summed E-state index contributed by atoms with van der Waals surface area (Å²) in [5.74, 6) is 0.666. The van der Waals surface area contributed by atoms with Gasteiger partial charge in [0, 0.05) is 19.3 Å². The first-order chi connectivity index (χ1) is 5.22. The summed E-state index contributed by atoms with van der Waals surface area (Å²) in [5, 5.41) is 9.70. The van der Waals surface area contributed by atoms with Gasteiger partial charge in [-0.2, -0.15) is 0 Å². The van der Waals surface area contributed by atoms with Gasteiger partial charge in [0.15, 0.2) is 0 Å². The van der Waals surface area contributed by atoms with Gasteiger partial charge in [0.25, 0.3) is 0 Å². The quantitative estimate of drug-likeness (QED) is 0.499. The van der Waals surface area contributed by atoms with Crippen molar-refractivity contribution >= 4 is 0 Å². The highest BCUT2D eigenvalue weighted by Gasteiger charge is 2.65. The number of fused-ring (bicyclic) bond motifs is 1. The highest BCUT2D eigenvalue weighted by Crippen LogP contribution is 2.52. The molecule has 0 amide bonds. The molecular formula is C9H16NO+. The molecule has 11 heavy (non-hydrogen) atoms. The molecule has 4 saturated heterocycles. The van der Waals surface area contributed by atoms with Gasteiger partial charge in [-0.3, -0.25) is 0 Å². The summed E-state index contributed by atoms with van der Waals surface area (Å²) >= 11 is 0. The fraction of sp³-hybridized carbons (Fsp3) is 1.00. The molecule has 5 atom stereocenters. The third-order valence-electron chi connectivity index (χ3n) is 4.49. The molecule has 0 spiro atoms. The molecule has 2 heteroatoms. The fourth-order valence-corrected chi connectivity index (χ4v) is 3.79. The van der Waals surface area contributed by atoms with E-state index >= 15 is 0 Å². The van der Waals surface area contributed by atoms with E-state index in [1.165, 1.54) is 23.9 Å². The first-order valence-corrected chi connectivity index (χ1v) is 4.75. The third kappa shape index (κ3) is 0.541. The fourth-order valence-electron chi connectivity index (χ4n) is 3.79. The molecule has 0 aromatic rings. The summed E-state index contributed by atoms with van der Waals surface area (Å²) in [6.45, 7) is 1.26. The second-order valence-electron chi connectivity index (χ2n) is 4.79. The number of hydrogen-bond donors (Lipinski definition) is 1. The molecule has 4 fully saturated rings.